The largest absolute Gasteiger partial charge is 0.396 e. The third-order valence-electron chi connectivity index (χ3n) is 4.64. The number of anilines is 1. The molecule has 0 radical (unpaired) electrons. The van der Waals surface area contributed by atoms with Crippen LogP contribution in [0, 0.1) is 12.9 Å². The number of nitrogens with zero attached hydrogens (tertiary/aromatic N) is 3. The molecular formula is C23H25FN4O2. The number of hydrogen-bond acceptors (Lipinski definition) is 4. The van der Waals surface area contributed by atoms with Crippen LogP contribution < -0.4 is 5.32 Å². The quantitative estimate of drug-likeness (QED) is 0.326. The molecule has 0 spiro atoms. The highest BCUT2D eigenvalue weighted by Crippen LogP contribution is 2.28. The topological polar surface area (TPSA) is 68.5 Å². The molecule has 0 saturated carbocycles. The number of carbonyl (C=O) groups excluding carboxylic acids is 1. The lowest BCUT2D eigenvalue weighted by Crippen LogP contribution is -2.15. The summed E-state index contributed by atoms with van der Waals surface area (Å²) in [5.74, 6) is -1.19. The number of halogens is 1. The van der Waals surface area contributed by atoms with Gasteiger partial charge in [-0.25, -0.2) is 4.68 Å². The van der Waals surface area contributed by atoms with Gasteiger partial charge in [0.2, 0.25) is 5.95 Å². The maximum atomic E-state index is 14.2. The van der Waals surface area contributed by atoms with E-state index in [0.29, 0.717) is 18.0 Å². The van der Waals surface area contributed by atoms with Gasteiger partial charge in [0.05, 0.1) is 11.9 Å². The molecule has 30 heavy (non-hydrogen) atoms. The molecule has 7 heteroatoms. The molecule has 0 aliphatic heterocycles. The Hall–Kier alpha value is -3.48. The normalized spacial score (nSPS) is 11.1. The number of amides is 1. The molecule has 1 heterocycles. The van der Waals surface area contributed by atoms with Crippen molar-refractivity contribution in [3.8, 4) is 11.1 Å². The van der Waals surface area contributed by atoms with Gasteiger partial charge >= 0.3 is 0 Å². The Kier molecular flexibility index (Phi) is 6.95. The second-order valence-corrected chi connectivity index (χ2v) is 6.92. The Labute approximate surface area is 175 Å². The van der Waals surface area contributed by atoms with E-state index in [9.17, 15) is 9.18 Å². The fourth-order valence-corrected chi connectivity index (χ4v) is 3.03. The Bertz CT molecular complexity index is 1040. The molecule has 0 aliphatic rings. The van der Waals surface area contributed by atoms with Crippen molar-refractivity contribution in [2.75, 3.05) is 11.9 Å². The van der Waals surface area contributed by atoms with Gasteiger partial charge in [0, 0.05) is 18.3 Å². The molecule has 0 aliphatic carbocycles. The van der Waals surface area contributed by atoms with E-state index < -0.39 is 11.9 Å². The first-order valence-electron chi connectivity index (χ1n) is 9.86. The van der Waals surface area contributed by atoms with Crippen molar-refractivity contribution in [1.82, 2.24) is 9.78 Å². The molecule has 0 atom stereocenters. The van der Waals surface area contributed by atoms with E-state index in [4.69, 9.17) is 4.84 Å². The van der Waals surface area contributed by atoms with Crippen molar-refractivity contribution in [3.05, 3.63) is 71.3 Å². The fourth-order valence-electron chi connectivity index (χ4n) is 3.03. The first-order chi connectivity index (χ1) is 14.5. The van der Waals surface area contributed by atoms with Crippen LogP contribution >= 0.6 is 0 Å². The van der Waals surface area contributed by atoms with Gasteiger partial charge in [-0.05, 0) is 30.5 Å². The van der Waals surface area contributed by atoms with Crippen molar-refractivity contribution < 1.29 is 14.0 Å². The highest BCUT2D eigenvalue weighted by atomic mass is 19.1. The third kappa shape index (κ3) is 4.92. The molecule has 0 fully saturated rings. The third-order valence-corrected chi connectivity index (χ3v) is 4.64. The lowest BCUT2D eigenvalue weighted by Gasteiger charge is -2.11. The number of aromatic nitrogens is 2. The summed E-state index contributed by atoms with van der Waals surface area (Å²) in [5.41, 5.74) is 3.53. The van der Waals surface area contributed by atoms with Crippen LogP contribution in [0.2, 0.25) is 0 Å². The minimum atomic E-state index is -0.660. The second-order valence-electron chi connectivity index (χ2n) is 6.92. The standard InChI is InChI=1S/C23H25FN4O2/c1-4-5-14-30-25-15-17-10-12-18(13-11-17)19-8-6-7-9-20(19)26-23(29)21-16(2)27-28(3)22(21)24/h6-13,15H,4-5,14H2,1-3H3,(H,26,29)/b25-15-. The second kappa shape index (κ2) is 9.82. The van der Waals surface area contributed by atoms with E-state index in [2.05, 4.69) is 22.5 Å². The highest BCUT2D eigenvalue weighted by Gasteiger charge is 2.21. The zero-order valence-corrected chi connectivity index (χ0v) is 17.4. The first kappa shape index (κ1) is 21.2. The molecule has 0 bridgehead atoms. The summed E-state index contributed by atoms with van der Waals surface area (Å²) in [6.07, 6.45) is 3.70. The monoisotopic (exact) mass is 408 g/mol. The van der Waals surface area contributed by atoms with Gasteiger partial charge in [-0.1, -0.05) is 61.0 Å². The Morgan fingerprint density at radius 3 is 2.63 bits per heavy atom. The number of carbonyl (C=O) groups is 1. The SMILES string of the molecule is CCCCO/N=C\c1ccc(-c2ccccc2NC(=O)c2c(C)nn(C)c2F)cc1. The maximum absolute atomic E-state index is 14.2. The number of nitrogens with one attached hydrogen (secondary N) is 1. The van der Waals surface area contributed by atoms with E-state index in [1.165, 1.54) is 7.05 Å². The lowest BCUT2D eigenvalue weighted by molar-refractivity contribution is 0.102. The summed E-state index contributed by atoms with van der Waals surface area (Å²) in [5, 5.41) is 10.7. The van der Waals surface area contributed by atoms with Crippen LogP contribution in [-0.4, -0.2) is 28.5 Å². The predicted molar refractivity (Wildman–Crippen MR) is 116 cm³/mol. The van der Waals surface area contributed by atoms with Crippen molar-refractivity contribution in [3.63, 3.8) is 0 Å². The van der Waals surface area contributed by atoms with Crippen LogP contribution in [0.1, 0.15) is 41.4 Å². The van der Waals surface area contributed by atoms with Crippen LogP contribution in [0.3, 0.4) is 0 Å². The molecule has 3 aromatic rings. The van der Waals surface area contributed by atoms with Gasteiger partial charge in [0.25, 0.3) is 5.91 Å². The van der Waals surface area contributed by atoms with Gasteiger partial charge in [-0.2, -0.15) is 9.49 Å². The molecule has 156 valence electrons. The zero-order valence-electron chi connectivity index (χ0n) is 17.4. The summed E-state index contributed by atoms with van der Waals surface area (Å²) in [6.45, 7) is 4.31. The molecule has 1 N–H and O–H groups in total. The Balaban J connectivity index is 1.77. The van der Waals surface area contributed by atoms with Crippen molar-refractivity contribution in [1.29, 1.82) is 0 Å². The molecule has 6 nitrogen and oxygen atoms in total. The summed E-state index contributed by atoms with van der Waals surface area (Å²) in [4.78, 5) is 17.9. The lowest BCUT2D eigenvalue weighted by atomic mass is 10.0. The van der Waals surface area contributed by atoms with Crippen LogP contribution in [0.15, 0.2) is 53.7 Å². The van der Waals surface area contributed by atoms with Crippen molar-refractivity contribution in [2.45, 2.75) is 26.7 Å². The van der Waals surface area contributed by atoms with Gasteiger partial charge < -0.3 is 10.2 Å². The van der Waals surface area contributed by atoms with E-state index in [0.717, 1.165) is 34.2 Å². The summed E-state index contributed by atoms with van der Waals surface area (Å²) >= 11 is 0. The number of para-hydroxylation sites is 1. The van der Waals surface area contributed by atoms with Crippen molar-refractivity contribution in [2.24, 2.45) is 12.2 Å². The molecular weight excluding hydrogens is 383 g/mol. The van der Waals surface area contributed by atoms with Crippen LogP contribution in [0.4, 0.5) is 10.1 Å². The van der Waals surface area contributed by atoms with Crippen LogP contribution in [0.25, 0.3) is 11.1 Å². The number of benzene rings is 2. The molecule has 0 unspecified atom stereocenters. The van der Waals surface area contributed by atoms with E-state index in [1.54, 1.807) is 19.2 Å². The minimum Gasteiger partial charge on any atom is -0.396 e. The molecule has 0 saturated heterocycles. The molecule has 2 aromatic carbocycles. The highest BCUT2D eigenvalue weighted by molar-refractivity contribution is 6.07. The number of oxime groups is 1. The minimum absolute atomic E-state index is 0.0538. The molecule has 1 aromatic heterocycles. The number of rotatable bonds is 8. The van der Waals surface area contributed by atoms with E-state index >= 15 is 0 Å². The summed E-state index contributed by atoms with van der Waals surface area (Å²) in [7, 11) is 1.47. The molecule has 1 amide bonds. The zero-order chi connectivity index (χ0) is 21.5. The van der Waals surface area contributed by atoms with Gasteiger partial charge in [0.15, 0.2) is 0 Å². The average molecular weight is 408 g/mol. The van der Waals surface area contributed by atoms with E-state index in [-0.39, 0.29) is 5.56 Å². The van der Waals surface area contributed by atoms with Gasteiger partial charge in [-0.3, -0.25) is 4.79 Å². The Morgan fingerprint density at radius 2 is 1.97 bits per heavy atom. The summed E-state index contributed by atoms with van der Waals surface area (Å²) < 4.78 is 15.3. The number of unbranched alkanes of at least 4 members (excludes halogenated alkanes) is 1. The van der Waals surface area contributed by atoms with Crippen LogP contribution in [0.5, 0.6) is 0 Å². The first-order valence-corrected chi connectivity index (χ1v) is 9.86. The average Bonchev–Trinajstić information content (AvgIpc) is 3.00. The molecule has 3 rings (SSSR count). The van der Waals surface area contributed by atoms with Gasteiger partial charge in [0.1, 0.15) is 12.2 Å². The van der Waals surface area contributed by atoms with Crippen LogP contribution in [-0.2, 0) is 11.9 Å². The maximum Gasteiger partial charge on any atom is 0.262 e. The van der Waals surface area contributed by atoms with Crippen molar-refractivity contribution >= 4 is 17.8 Å². The smallest absolute Gasteiger partial charge is 0.262 e. The number of hydrogen-bond donors (Lipinski definition) is 1. The van der Waals surface area contributed by atoms with E-state index in [1.807, 2.05) is 42.5 Å². The predicted octanol–water partition coefficient (Wildman–Crippen LogP) is 4.94. The number of aryl methyl sites for hydroxylation is 2. The Morgan fingerprint density at radius 1 is 1.23 bits per heavy atom. The summed E-state index contributed by atoms with van der Waals surface area (Å²) in [6, 6.07) is 15.1. The van der Waals surface area contributed by atoms with Gasteiger partial charge in [-0.15, -0.1) is 0 Å². The fraction of sp³-hybridized carbons (Fsp3) is 0.261.